The maximum absolute atomic E-state index is 14.3. The van der Waals surface area contributed by atoms with E-state index in [0.29, 0.717) is 28.9 Å². The van der Waals surface area contributed by atoms with E-state index in [0.717, 1.165) is 54.1 Å². The van der Waals surface area contributed by atoms with Crippen LogP contribution in [0.4, 0.5) is 29.3 Å². The number of halogens is 4. The molecule has 1 aliphatic heterocycles. The number of carbonyl (C=O) groups excluding carboxylic acids is 2. The van der Waals surface area contributed by atoms with E-state index in [1.807, 2.05) is 0 Å². The highest BCUT2D eigenvalue weighted by molar-refractivity contribution is 8.00. The number of nitrogens with zero attached hydrogens (tertiary/aromatic N) is 5. The number of carbonyl (C=O) groups is 4. The van der Waals surface area contributed by atoms with Gasteiger partial charge in [0.15, 0.2) is 7.37 Å². The Balaban J connectivity index is 0.000000259. The van der Waals surface area contributed by atoms with Crippen molar-refractivity contribution < 1.29 is 56.8 Å². The highest BCUT2D eigenvalue weighted by Gasteiger charge is 2.18. The molecular formula is C35H39ClF3N8O10PS2. The summed E-state index contributed by atoms with van der Waals surface area (Å²) in [7, 11) is -1.81. The average molecular weight is 919 g/mol. The lowest BCUT2D eigenvalue weighted by molar-refractivity contribution is -0.139. The monoisotopic (exact) mass is 918 g/mol. The van der Waals surface area contributed by atoms with Crippen LogP contribution in [0.25, 0.3) is 0 Å². The van der Waals surface area contributed by atoms with Gasteiger partial charge in [0.1, 0.15) is 34.9 Å². The molecule has 3 heterocycles. The molecule has 0 saturated heterocycles. The van der Waals surface area contributed by atoms with Crippen LogP contribution < -0.4 is 26.2 Å². The molecule has 25 heteroatoms. The molecule has 5 rings (SSSR count). The minimum atomic E-state index is -3.10. The second kappa shape index (κ2) is 22.9. The number of aromatic carboxylic acids is 1. The predicted octanol–water partition coefficient (Wildman–Crippen LogP) is 5.09. The van der Waals surface area contributed by atoms with Crippen molar-refractivity contribution in [3.63, 3.8) is 0 Å². The first-order valence-electron chi connectivity index (χ1n) is 17.3. The zero-order chi connectivity index (χ0) is 44.7. The molecule has 7 N–H and O–H groups in total. The molecule has 0 fully saturated rings. The summed E-state index contributed by atoms with van der Waals surface area (Å²) in [6, 6.07) is 6.09. The zero-order valence-corrected chi connectivity index (χ0v) is 35.2. The van der Waals surface area contributed by atoms with Crippen molar-refractivity contribution >= 4 is 83.1 Å². The van der Waals surface area contributed by atoms with E-state index < -0.39 is 54.8 Å². The van der Waals surface area contributed by atoms with Crippen molar-refractivity contribution in [2.75, 3.05) is 31.0 Å². The van der Waals surface area contributed by atoms with Crippen LogP contribution in [0.15, 0.2) is 68.4 Å². The summed E-state index contributed by atoms with van der Waals surface area (Å²) < 4.78 is 59.0. The molecule has 2 atom stereocenters. The third kappa shape index (κ3) is 15.7. The SMILES string of the molecule is C/C(=N\NC(=O)Nc1cc(F)cc(F)c1)c1ncccc1C(=O)O.COC(=O)CSc1cc(/N=c2\sc(=O)n3n2CCCC3)c(F)cc1Cl.CP(=O)(O)CCC(N)C(=O)O. The number of amides is 2. The summed E-state index contributed by atoms with van der Waals surface area (Å²) in [5.41, 5.74) is 7.33. The number of methoxy groups -OCH3 is 1. The number of nitrogens with two attached hydrogens (primary N) is 1. The smallest absolute Gasteiger partial charge is 0.339 e. The van der Waals surface area contributed by atoms with Crippen molar-refractivity contribution in [2.24, 2.45) is 15.8 Å². The standard InChI is InChI=1S/C15H15ClFN3O3S2.C15H12F2N4O3.C5H12NO4P/c1-23-13(21)8-24-12-7-11(10(17)6-9(12)16)18-14-19-4-2-3-5-20(19)15(22)25-14;1-8(13-12(14(22)23)3-2-4-18-13)20-21-15(24)19-11-6-9(16)5-10(17)7-11;1-11(9,10)3-2-4(6)5(7)8/h6-7H,2-5,8H2,1H3;2-7H,1H3,(H,22,23)(H2,19,21,24);4H,2-3,6H2,1H3,(H,7,8)(H,9,10)/b18-14-;20-8+;. The number of benzene rings is 2. The van der Waals surface area contributed by atoms with Crippen molar-refractivity contribution in [2.45, 2.75) is 50.2 Å². The van der Waals surface area contributed by atoms with Crippen LogP contribution in [0.3, 0.4) is 0 Å². The van der Waals surface area contributed by atoms with E-state index in [1.165, 1.54) is 45.1 Å². The number of pyridine rings is 1. The minimum absolute atomic E-state index is 0.0412. The molecule has 0 bridgehead atoms. The quantitative estimate of drug-likeness (QED) is 0.0356. The molecule has 0 saturated carbocycles. The largest absolute Gasteiger partial charge is 0.480 e. The van der Waals surface area contributed by atoms with E-state index >= 15 is 0 Å². The van der Waals surface area contributed by atoms with Crippen LogP contribution >= 0.6 is 42.1 Å². The van der Waals surface area contributed by atoms with Gasteiger partial charge in [-0.05, 0) is 73.9 Å². The Kier molecular flexibility index (Phi) is 18.7. The van der Waals surface area contributed by atoms with Gasteiger partial charge in [0.25, 0.3) is 0 Å². The van der Waals surface area contributed by atoms with E-state index in [-0.39, 0.29) is 56.6 Å². The number of hydrazone groups is 1. The van der Waals surface area contributed by atoms with Crippen LogP contribution in [0, 0.1) is 17.5 Å². The predicted molar refractivity (Wildman–Crippen MR) is 218 cm³/mol. The number of nitrogens with one attached hydrogen (secondary N) is 2. The van der Waals surface area contributed by atoms with Gasteiger partial charge >= 0.3 is 28.8 Å². The van der Waals surface area contributed by atoms with Crippen LogP contribution in [0.2, 0.25) is 5.02 Å². The fourth-order valence-corrected chi connectivity index (χ4v) is 7.52. The number of hydrogen-bond acceptors (Lipinski definition) is 13. The lowest BCUT2D eigenvalue weighted by Gasteiger charge is -2.15. The van der Waals surface area contributed by atoms with E-state index in [4.69, 9.17) is 32.4 Å². The summed E-state index contributed by atoms with van der Waals surface area (Å²) >= 11 is 8.17. The number of aromatic nitrogens is 3. The summed E-state index contributed by atoms with van der Waals surface area (Å²) in [5, 5.41) is 23.5. The molecule has 0 radical (unpaired) electrons. The molecule has 2 amide bonds. The third-order valence-corrected chi connectivity index (χ3v) is 11.1. The molecule has 1 aliphatic rings. The molecule has 60 heavy (non-hydrogen) atoms. The molecule has 2 aromatic heterocycles. The summed E-state index contributed by atoms with van der Waals surface area (Å²) in [6.45, 7) is 3.96. The molecule has 2 unspecified atom stereocenters. The lowest BCUT2D eigenvalue weighted by Crippen LogP contribution is -2.31. The summed E-state index contributed by atoms with van der Waals surface area (Å²) in [4.78, 5) is 74.1. The maximum atomic E-state index is 14.3. The number of hydrogen-bond donors (Lipinski definition) is 6. The van der Waals surface area contributed by atoms with Crippen molar-refractivity contribution in [1.82, 2.24) is 19.8 Å². The Bertz CT molecular complexity index is 2410. The van der Waals surface area contributed by atoms with Crippen LogP contribution in [-0.4, -0.2) is 90.8 Å². The van der Waals surface area contributed by atoms with Gasteiger partial charge in [-0.3, -0.25) is 28.6 Å². The number of ether oxygens (including phenoxy) is 1. The Morgan fingerprint density at radius 3 is 2.35 bits per heavy atom. The molecule has 0 spiro atoms. The normalized spacial score (nSPS) is 13.9. The lowest BCUT2D eigenvalue weighted by atomic mass is 10.1. The topological polar surface area (TPSA) is 270 Å². The maximum Gasteiger partial charge on any atom is 0.339 e. The van der Waals surface area contributed by atoms with Crippen molar-refractivity contribution in [1.29, 1.82) is 0 Å². The number of carboxylic acids is 2. The Morgan fingerprint density at radius 2 is 1.75 bits per heavy atom. The van der Waals surface area contributed by atoms with Gasteiger partial charge in [-0.25, -0.2) is 37.9 Å². The number of urea groups is 1. The van der Waals surface area contributed by atoms with Gasteiger partial charge in [-0.2, -0.15) is 5.10 Å². The van der Waals surface area contributed by atoms with E-state index in [2.05, 4.69) is 30.6 Å². The first-order valence-corrected chi connectivity index (χ1v) is 21.7. The Labute approximate surface area is 352 Å². The Hall–Kier alpha value is -5.32. The number of aliphatic carboxylic acids is 1. The minimum Gasteiger partial charge on any atom is -0.480 e. The first-order chi connectivity index (χ1) is 28.2. The van der Waals surface area contributed by atoms with Gasteiger partial charge in [0, 0.05) is 48.8 Å². The molecule has 4 aromatic rings. The van der Waals surface area contributed by atoms with Crippen LogP contribution in [-0.2, 0) is 32.0 Å². The van der Waals surface area contributed by atoms with Gasteiger partial charge in [-0.15, -0.1) is 11.8 Å². The third-order valence-electron chi connectivity index (χ3n) is 7.68. The highest BCUT2D eigenvalue weighted by Crippen LogP contribution is 2.36. The highest BCUT2D eigenvalue weighted by atomic mass is 35.5. The molecule has 18 nitrogen and oxygen atoms in total. The summed E-state index contributed by atoms with van der Waals surface area (Å²) in [5.74, 6) is -4.94. The van der Waals surface area contributed by atoms with Gasteiger partial charge < -0.3 is 30.9 Å². The number of esters is 1. The number of carboxylic acid groups (broad SMARTS) is 2. The molecule has 2 aromatic carbocycles. The average Bonchev–Trinajstić information content (AvgIpc) is 3.50. The zero-order valence-electron chi connectivity index (χ0n) is 31.9. The molecular weight excluding hydrogens is 880 g/mol. The van der Waals surface area contributed by atoms with Gasteiger partial charge in [0.05, 0.1) is 29.2 Å². The van der Waals surface area contributed by atoms with Gasteiger partial charge in [-0.1, -0.05) is 11.6 Å². The first kappa shape index (κ1) is 49.0. The number of rotatable bonds is 12. The summed E-state index contributed by atoms with van der Waals surface area (Å²) in [6.07, 6.45) is 3.28. The van der Waals surface area contributed by atoms with E-state index in [9.17, 15) is 41.7 Å². The van der Waals surface area contributed by atoms with Crippen molar-refractivity contribution in [3.8, 4) is 0 Å². The van der Waals surface area contributed by atoms with Gasteiger partial charge in [0.2, 0.25) is 4.80 Å². The fraction of sp³-hybridized carbons (Fsp3) is 0.314. The Morgan fingerprint density at radius 1 is 1.10 bits per heavy atom. The van der Waals surface area contributed by atoms with E-state index in [1.54, 1.807) is 9.36 Å². The van der Waals surface area contributed by atoms with Crippen LogP contribution in [0.5, 0.6) is 0 Å². The molecule has 324 valence electrons. The van der Waals surface area contributed by atoms with Crippen LogP contribution in [0.1, 0.15) is 42.2 Å². The molecule has 0 aliphatic carbocycles. The number of thioether (sulfide) groups is 1. The van der Waals surface area contributed by atoms with Crippen molar-refractivity contribution in [3.05, 3.63) is 96.9 Å². The number of anilines is 1. The number of fused-ring (bicyclic) bond motifs is 1. The second-order valence-electron chi connectivity index (χ2n) is 12.4. The fourth-order valence-electron chi connectivity index (χ4n) is 4.77. The second-order valence-corrected chi connectivity index (χ2v) is 17.3.